The second kappa shape index (κ2) is 13.7. The van der Waals surface area contributed by atoms with Crippen LogP contribution in [0.25, 0.3) is 0 Å². The van der Waals surface area contributed by atoms with Crippen molar-refractivity contribution in [3.63, 3.8) is 0 Å². The number of aryl methyl sites for hydroxylation is 1. The molecule has 0 aromatic heterocycles. The van der Waals surface area contributed by atoms with Gasteiger partial charge in [-0.25, -0.2) is 0 Å². The topological polar surface area (TPSA) is 56.5 Å². The van der Waals surface area contributed by atoms with Gasteiger partial charge in [-0.2, -0.15) is 0 Å². The maximum atomic E-state index is 6.36. The quantitative estimate of drug-likeness (QED) is 0.253. The van der Waals surface area contributed by atoms with Crippen LogP contribution in [0.2, 0.25) is 0 Å². The minimum atomic E-state index is -0.290. The molecule has 0 heterocycles. The van der Waals surface area contributed by atoms with Crippen molar-refractivity contribution in [2.24, 2.45) is 11.7 Å². The van der Waals surface area contributed by atoms with Crippen molar-refractivity contribution in [2.45, 2.75) is 132 Å². The first-order chi connectivity index (χ1) is 18.0. The fourth-order valence-electron chi connectivity index (χ4n) is 4.37. The zero-order chi connectivity index (χ0) is 31.3. The first kappa shape index (κ1) is 36.0. The molecule has 0 aliphatic carbocycles. The Morgan fingerprint density at radius 3 is 1.57 bits per heavy atom. The van der Waals surface area contributed by atoms with Crippen LogP contribution in [-0.4, -0.2) is 25.9 Å². The summed E-state index contributed by atoms with van der Waals surface area (Å²) in [5, 5.41) is 3.35. The Morgan fingerprint density at radius 1 is 0.725 bits per heavy atom. The fraction of sp³-hybridized carbons (Fsp3) is 0.667. The normalized spacial score (nSPS) is 12.8. The summed E-state index contributed by atoms with van der Waals surface area (Å²) in [5.74, 6) is 2.74. The lowest BCUT2D eigenvalue weighted by molar-refractivity contribution is 0.266. The van der Waals surface area contributed by atoms with E-state index in [2.05, 4.69) is 120 Å². The predicted octanol–water partition coefficient (Wildman–Crippen LogP) is 8.81. The predicted molar refractivity (Wildman–Crippen MR) is 175 cm³/mol. The van der Waals surface area contributed by atoms with Gasteiger partial charge < -0.3 is 15.2 Å². The molecule has 0 unspecified atom stereocenters. The van der Waals surface area contributed by atoms with Crippen LogP contribution in [-0.2, 0) is 22.7 Å². The highest BCUT2D eigenvalue weighted by molar-refractivity contribution is 5.54. The number of hydrogen-bond acceptors (Lipinski definition) is 4. The first-order valence-electron chi connectivity index (χ1n) is 15.0. The third kappa shape index (κ3) is 11.4. The number of methoxy groups -OCH3 is 1. The van der Waals surface area contributed by atoms with Crippen LogP contribution in [0, 0.1) is 12.8 Å². The van der Waals surface area contributed by atoms with Gasteiger partial charge in [-0.15, -0.1) is 0 Å². The van der Waals surface area contributed by atoms with E-state index < -0.39 is 0 Å². The fourth-order valence-corrected chi connectivity index (χ4v) is 4.37. The number of rotatable bonds is 8. The Bertz CT molecular complexity index is 1090. The van der Waals surface area contributed by atoms with Gasteiger partial charge in [-0.05, 0) is 70.8 Å². The molecule has 40 heavy (non-hydrogen) atoms. The van der Waals surface area contributed by atoms with E-state index >= 15 is 0 Å². The van der Waals surface area contributed by atoms with Gasteiger partial charge in [0.15, 0.2) is 0 Å². The van der Waals surface area contributed by atoms with E-state index in [0.717, 1.165) is 29.4 Å². The maximum Gasteiger partial charge on any atom is 0.139 e. The van der Waals surface area contributed by atoms with Crippen molar-refractivity contribution >= 4 is 0 Å². The molecule has 228 valence electrons. The molecule has 2 aromatic rings. The molecule has 0 saturated carbocycles. The van der Waals surface area contributed by atoms with Crippen LogP contribution in [0.3, 0.4) is 0 Å². The molecular weight excluding hydrogens is 492 g/mol. The summed E-state index contributed by atoms with van der Waals surface area (Å²) >= 11 is 0. The van der Waals surface area contributed by atoms with Crippen molar-refractivity contribution in [3.05, 3.63) is 57.6 Å². The number of ether oxygens (including phenoxy) is 2. The minimum Gasteiger partial charge on any atom is -0.496 e. The molecule has 4 heteroatoms. The molecule has 0 atom stereocenters. The summed E-state index contributed by atoms with van der Waals surface area (Å²) in [7, 11) is 1.79. The second-order valence-corrected chi connectivity index (χ2v) is 15.9. The lowest BCUT2D eigenvalue weighted by Gasteiger charge is -2.29. The minimum absolute atomic E-state index is 0.0302. The molecule has 0 aliphatic rings. The number of benzene rings is 2. The summed E-state index contributed by atoms with van der Waals surface area (Å²) < 4.78 is 12.4. The smallest absolute Gasteiger partial charge is 0.139 e. The third-order valence-corrected chi connectivity index (χ3v) is 6.54. The number of nitrogens with one attached hydrogen (secondary N) is 1. The van der Waals surface area contributed by atoms with Crippen LogP contribution < -0.4 is 20.5 Å². The zero-order valence-electron chi connectivity index (χ0n) is 28.9. The molecule has 0 saturated heterocycles. The van der Waals surface area contributed by atoms with E-state index in [1.54, 1.807) is 7.11 Å². The molecule has 2 aromatic carbocycles. The second-order valence-electron chi connectivity index (χ2n) is 15.9. The molecule has 0 spiro atoms. The van der Waals surface area contributed by atoms with E-state index in [1.165, 1.54) is 27.8 Å². The van der Waals surface area contributed by atoms with E-state index in [4.69, 9.17) is 15.2 Å². The Balaban J connectivity index is 0.00000187. The maximum absolute atomic E-state index is 6.36. The zero-order valence-corrected chi connectivity index (χ0v) is 28.9. The summed E-state index contributed by atoms with van der Waals surface area (Å²) in [5.41, 5.74) is 13.3. The largest absolute Gasteiger partial charge is 0.496 e. The highest BCUT2D eigenvalue weighted by atomic mass is 16.5. The van der Waals surface area contributed by atoms with Crippen LogP contribution in [0.5, 0.6) is 11.5 Å². The van der Waals surface area contributed by atoms with Crippen molar-refractivity contribution in [3.8, 4) is 11.5 Å². The molecule has 3 N–H and O–H groups in total. The molecule has 0 fully saturated rings. The standard InChI is InChI=1S/C32H52N2O2.C4H10/c1-21-14-24(29(2,3)4)16-22(27(21)36-20-34-19-32(11,12)33)15-23-17-25(30(5,6)7)18-26(28(23)35-13)31(8,9)10;1-4(2)3/h14,16-18,34H,15,19-20,33H2,1-13H3;4H,1-3H3. The van der Waals surface area contributed by atoms with Gasteiger partial charge in [-0.1, -0.05) is 107 Å². The SMILES string of the molecule is CC(C)C.COc1c(Cc2cc(C(C)(C)C)cc(C)c2OCNCC(C)(C)N)cc(C(C)(C)C)cc1C(C)(C)C. The van der Waals surface area contributed by atoms with Gasteiger partial charge in [-0.3, -0.25) is 5.32 Å². The number of nitrogens with two attached hydrogens (primary N) is 1. The highest BCUT2D eigenvalue weighted by Gasteiger charge is 2.27. The lowest BCUT2D eigenvalue weighted by Crippen LogP contribution is -2.44. The lowest BCUT2D eigenvalue weighted by atomic mass is 9.78. The van der Waals surface area contributed by atoms with E-state index in [0.29, 0.717) is 13.3 Å². The molecule has 0 radical (unpaired) electrons. The molecular formula is C36H62N2O2. The average Bonchev–Trinajstić information content (AvgIpc) is 2.74. The highest BCUT2D eigenvalue weighted by Crippen LogP contribution is 2.41. The Kier molecular flexibility index (Phi) is 12.4. The summed E-state index contributed by atoms with van der Waals surface area (Å²) in [6.45, 7) is 34.1. The van der Waals surface area contributed by atoms with Crippen LogP contribution in [0.15, 0.2) is 24.3 Å². The summed E-state index contributed by atoms with van der Waals surface area (Å²) in [6.07, 6.45) is 0.735. The van der Waals surface area contributed by atoms with E-state index in [1.807, 2.05) is 13.8 Å². The van der Waals surface area contributed by atoms with Gasteiger partial charge in [0.1, 0.15) is 18.2 Å². The van der Waals surface area contributed by atoms with Crippen LogP contribution in [0.1, 0.15) is 130 Å². The summed E-state index contributed by atoms with van der Waals surface area (Å²) in [6, 6.07) is 9.23. The molecule has 2 rings (SSSR count). The number of hydrogen-bond donors (Lipinski definition) is 2. The summed E-state index contributed by atoms with van der Waals surface area (Å²) in [4.78, 5) is 0. The van der Waals surface area contributed by atoms with Crippen LogP contribution >= 0.6 is 0 Å². The van der Waals surface area contributed by atoms with Gasteiger partial charge in [0.2, 0.25) is 0 Å². The average molecular weight is 555 g/mol. The van der Waals surface area contributed by atoms with Gasteiger partial charge in [0.05, 0.1) is 7.11 Å². The molecule has 0 amide bonds. The first-order valence-corrected chi connectivity index (χ1v) is 15.0. The van der Waals surface area contributed by atoms with Gasteiger partial charge >= 0.3 is 0 Å². The van der Waals surface area contributed by atoms with Crippen LogP contribution in [0.4, 0.5) is 0 Å². The third-order valence-electron chi connectivity index (χ3n) is 6.54. The van der Waals surface area contributed by atoms with Crippen molar-refractivity contribution in [1.29, 1.82) is 0 Å². The van der Waals surface area contributed by atoms with Crippen molar-refractivity contribution in [2.75, 3.05) is 20.4 Å². The van der Waals surface area contributed by atoms with E-state index in [9.17, 15) is 0 Å². The Morgan fingerprint density at radius 2 is 1.18 bits per heavy atom. The molecule has 0 aliphatic heterocycles. The van der Waals surface area contributed by atoms with E-state index in [-0.39, 0.29) is 21.8 Å². The van der Waals surface area contributed by atoms with Gasteiger partial charge in [0.25, 0.3) is 0 Å². The molecule has 4 nitrogen and oxygen atoms in total. The van der Waals surface area contributed by atoms with Crippen molar-refractivity contribution < 1.29 is 9.47 Å². The van der Waals surface area contributed by atoms with Crippen molar-refractivity contribution in [1.82, 2.24) is 5.32 Å². The Labute approximate surface area is 247 Å². The molecule has 0 bridgehead atoms. The Hall–Kier alpha value is -2.04. The monoisotopic (exact) mass is 554 g/mol. The van der Waals surface area contributed by atoms with Gasteiger partial charge in [0, 0.05) is 24.1 Å².